The first-order valence-corrected chi connectivity index (χ1v) is 6.80. The fourth-order valence-electron chi connectivity index (χ4n) is 2.72. The largest absolute Gasteiger partial charge is 0.353 e. The fraction of sp³-hybridized carbons (Fsp3) is 1.00. The Labute approximate surface area is 99.1 Å². The summed E-state index contributed by atoms with van der Waals surface area (Å²) in [6, 6.07) is 0.803. The van der Waals surface area contributed by atoms with Gasteiger partial charge in [-0.3, -0.25) is 0 Å². The molecule has 0 unspecified atom stereocenters. The normalized spacial score (nSPS) is 25.1. The number of hydrogen-bond donors (Lipinski definition) is 0. The first-order chi connectivity index (χ1) is 7.86. The van der Waals surface area contributed by atoms with Gasteiger partial charge in [0.2, 0.25) is 0 Å². The van der Waals surface area contributed by atoms with Crippen LogP contribution < -0.4 is 0 Å². The van der Waals surface area contributed by atoms with E-state index in [2.05, 4.69) is 11.9 Å². The molecule has 1 aliphatic heterocycles. The van der Waals surface area contributed by atoms with E-state index >= 15 is 0 Å². The Hall–Kier alpha value is -0.120. The third-order valence-electron chi connectivity index (χ3n) is 3.81. The third kappa shape index (κ3) is 3.72. The number of nitrogens with zero attached hydrogens (tertiary/aromatic N) is 1. The minimum atomic E-state index is 0.0554. The summed E-state index contributed by atoms with van der Waals surface area (Å²) in [6.07, 6.45) is 9.13. The van der Waals surface area contributed by atoms with Gasteiger partial charge in [-0.05, 0) is 26.3 Å². The molecule has 1 heterocycles. The van der Waals surface area contributed by atoms with Crippen molar-refractivity contribution in [1.82, 2.24) is 4.90 Å². The van der Waals surface area contributed by atoms with E-state index in [1.165, 1.54) is 32.1 Å². The average Bonchev–Trinajstić information content (AvgIpc) is 2.38. The van der Waals surface area contributed by atoms with Gasteiger partial charge in [-0.2, -0.15) is 0 Å². The molecule has 0 atom stereocenters. The molecule has 0 amide bonds. The number of hydrogen-bond acceptors (Lipinski definition) is 3. The van der Waals surface area contributed by atoms with Crippen molar-refractivity contribution >= 4 is 0 Å². The molecule has 1 aliphatic carbocycles. The zero-order valence-corrected chi connectivity index (χ0v) is 10.5. The highest BCUT2D eigenvalue weighted by Crippen LogP contribution is 2.22. The van der Waals surface area contributed by atoms with Crippen LogP contribution in [0.4, 0.5) is 0 Å². The Morgan fingerprint density at radius 1 is 1.00 bits per heavy atom. The zero-order valence-electron chi connectivity index (χ0n) is 10.5. The van der Waals surface area contributed by atoms with Crippen molar-refractivity contribution in [3.63, 3.8) is 0 Å². The Balaban J connectivity index is 1.63. The quantitative estimate of drug-likeness (QED) is 0.736. The van der Waals surface area contributed by atoms with E-state index in [4.69, 9.17) is 9.47 Å². The predicted molar refractivity (Wildman–Crippen MR) is 64.4 cm³/mol. The van der Waals surface area contributed by atoms with Crippen molar-refractivity contribution in [2.75, 3.05) is 26.8 Å². The molecule has 94 valence electrons. The van der Waals surface area contributed by atoms with Crippen LogP contribution in [0.5, 0.6) is 0 Å². The summed E-state index contributed by atoms with van der Waals surface area (Å²) in [7, 11) is 2.25. The lowest BCUT2D eigenvalue weighted by atomic mass is 9.94. The fourth-order valence-corrected chi connectivity index (χ4v) is 2.72. The SMILES string of the molecule is CN(CCC1OCCCO1)C1CCCCC1. The lowest BCUT2D eigenvalue weighted by molar-refractivity contribution is -0.182. The van der Waals surface area contributed by atoms with Gasteiger partial charge in [0.15, 0.2) is 6.29 Å². The first-order valence-electron chi connectivity index (χ1n) is 6.80. The maximum Gasteiger partial charge on any atom is 0.158 e. The van der Waals surface area contributed by atoms with Gasteiger partial charge in [0.05, 0.1) is 13.2 Å². The lowest BCUT2D eigenvalue weighted by Gasteiger charge is -2.32. The molecular weight excluding hydrogens is 202 g/mol. The minimum absolute atomic E-state index is 0.0554. The summed E-state index contributed by atoms with van der Waals surface area (Å²) >= 11 is 0. The number of ether oxygens (including phenoxy) is 2. The molecule has 0 bridgehead atoms. The van der Waals surface area contributed by atoms with Gasteiger partial charge in [-0.15, -0.1) is 0 Å². The maximum atomic E-state index is 5.57. The van der Waals surface area contributed by atoms with Crippen LogP contribution in [0.3, 0.4) is 0 Å². The molecular formula is C13H25NO2. The van der Waals surface area contributed by atoms with Crippen molar-refractivity contribution in [3.8, 4) is 0 Å². The molecule has 0 spiro atoms. The van der Waals surface area contributed by atoms with Gasteiger partial charge in [0, 0.05) is 19.0 Å². The zero-order chi connectivity index (χ0) is 11.2. The van der Waals surface area contributed by atoms with Crippen LogP contribution in [0.25, 0.3) is 0 Å². The van der Waals surface area contributed by atoms with Crippen molar-refractivity contribution < 1.29 is 9.47 Å². The second kappa shape index (κ2) is 6.58. The summed E-state index contributed by atoms with van der Waals surface area (Å²) in [4.78, 5) is 2.50. The van der Waals surface area contributed by atoms with E-state index in [0.29, 0.717) is 0 Å². The van der Waals surface area contributed by atoms with Gasteiger partial charge >= 0.3 is 0 Å². The van der Waals surface area contributed by atoms with Crippen LogP contribution >= 0.6 is 0 Å². The van der Waals surface area contributed by atoms with Crippen molar-refractivity contribution in [1.29, 1.82) is 0 Å². The molecule has 2 aliphatic rings. The summed E-state index contributed by atoms with van der Waals surface area (Å²) in [5, 5.41) is 0. The van der Waals surface area contributed by atoms with Crippen LogP contribution in [0.15, 0.2) is 0 Å². The van der Waals surface area contributed by atoms with Gasteiger partial charge < -0.3 is 14.4 Å². The molecule has 16 heavy (non-hydrogen) atoms. The first kappa shape index (κ1) is 12.3. The highest BCUT2D eigenvalue weighted by atomic mass is 16.7. The standard InChI is InChI=1S/C13H25NO2/c1-14(12-6-3-2-4-7-12)9-8-13-15-10-5-11-16-13/h12-13H,2-11H2,1H3. The second-order valence-electron chi connectivity index (χ2n) is 5.09. The monoisotopic (exact) mass is 227 g/mol. The number of rotatable bonds is 4. The summed E-state index contributed by atoms with van der Waals surface area (Å²) < 4.78 is 11.1. The van der Waals surface area contributed by atoms with Crippen molar-refractivity contribution in [2.24, 2.45) is 0 Å². The van der Waals surface area contributed by atoms with Gasteiger partial charge in [-0.1, -0.05) is 19.3 Å². The molecule has 0 aromatic heterocycles. The van der Waals surface area contributed by atoms with Crippen molar-refractivity contribution in [3.05, 3.63) is 0 Å². The highest BCUT2D eigenvalue weighted by Gasteiger charge is 2.20. The molecule has 3 heteroatoms. The van der Waals surface area contributed by atoms with Gasteiger partial charge in [-0.25, -0.2) is 0 Å². The predicted octanol–water partition coefficient (Wildman–Crippen LogP) is 2.40. The Morgan fingerprint density at radius 3 is 2.38 bits per heavy atom. The topological polar surface area (TPSA) is 21.7 Å². The molecule has 2 rings (SSSR count). The van der Waals surface area contributed by atoms with Crippen LogP contribution in [-0.4, -0.2) is 44.0 Å². The third-order valence-corrected chi connectivity index (χ3v) is 3.81. The van der Waals surface area contributed by atoms with Crippen LogP contribution in [0, 0.1) is 0 Å². The summed E-state index contributed by atoms with van der Waals surface area (Å²) in [6.45, 7) is 2.85. The van der Waals surface area contributed by atoms with E-state index in [1.54, 1.807) is 0 Å². The van der Waals surface area contributed by atoms with E-state index in [9.17, 15) is 0 Å². The van der Waals surface area contributed by atoms with E-state index in [0.717, 1.165) is 38.6 Å². The molecule has 1 saturated carbocycles. The lowest BCUT2D eigenvalue weighted by Crippen LogP contribution is -2.37. The molecule has 2 fully saturated rings. The summed E-state index contributed by atoms with van der Waals surface area (Å²) in [5.74, 6) is 0. The average molecular weight is 227 g/mol. The van der Waals surface area contributed by atoms with Crippen LogP contribution in [0.2, 0.25) is 0 Å². The van der Waals surface area contributed by atoms with E-state index < -0.39 is 0 Å². The second-order valence-corrected chi connectivity index (χ2v) is 5.09. The molecule has 1 saturated heterocycles. The Morgan fingerprint density at radius 2 is 1.69 bits per heavy atom. The highest BCUT2D eigenvalue weighted by molar-refractivity contribution is 4.73. The molecule has 0 aromatic carbocycles. The van der Waals surface area contributed by atoms with Gasteiger partial charge in [0.1, 0.15) is 0 Å². The minimum Gasteiger partial charge on any atom is -0.353 e. The Bertz CT molecular complexity index is 186. The van der Waals surface area contributed by atoms with Crippen molar-refractivity contribution in [2.45, 2.75) is 57.3 Å². The van der Waals surface area contributed by atoms with E-state index in [-0.39, 0.29) is 6.29 Å². The van der Waals surface area contributed by atoms with Crippen LogP contribution in [0.1, 0.15) is 44.9 Å². The summed E-state index contributed by atoms with van der Waals surface area (Å²) in [5.41, 5.74) is 0. The van der Waals surface area contributed by atoms with Gasteiger partial charge in [0.25, 0.3) is 0 Å². The Kier molecular flexibility index (Phi) is 5.07. The maximum absolute atomic E-state index is 5.57. The molecule has 0 radical (unpaired) electrons. The molecule has 3 nitrogen and oxygen atoms in total. The smallest absolute Gasteiger partial charge is 0.158 e. The van der Waals surface area contributed by atoms with Crippen LogP contribution in [-0.2, 0) is 9.47 Å². The molecule has 0 aromatic rings. The molecule has 0 N–H and O–H groups in total. The van der Waals surface area contributed by atoms with E-state index in [1.807, 2.05) is 0 Å².